The highest BCUT2D eigenvalue weighted by Gasteiger charge is 2.31. The summed E-state index contributed by atoms with van der Waals surface area (Å²) in [6, 6.07) is 9.09. The standard InChI is InChI=1S/C22H25N3O4/c1-13-10-17(15(3)24(13)16-8-9-16)22(28)29-12-21(27)25-14(2)11-20(26)23-18-6-4-5-7-19(18)25/h4-7,10,14,16H,8-9,11-12H2,1-3H3,(H,23,26)/t14-/m1/s1. The van der Waals surface area contributed by atoms with Gasteiger partial charge in [-0.05, 0) is 51.8 Å². The van der Waals surface area contributed by atoms with Gasteiger partial charge in [-0.15, -0.1) is 0 Å². The highest BCUT2D eigenvalue weighted by atomic mass is 16.5. The van der Waals surface area contributed by atoms with E-state index >= 15 is 0 Å². The lowest BCUT2D eigenvalue weighted by Crippen LogP contribution is -2.41. The Morgan fingerprint density at radius 2 is 1.93 bits per heavy atom. The number of rotatable bonds is 4. The van der Waals surface area contributed by atoms with Crippen molar-refractivity contribution >= 4 is 29.2 Å². The number of nitrogens with one attached hydrogen (secondary N) is 1. The zero-order valence-electron chi connectivity index (χ0n) is 16.9. The van der Waals surface area contributed by atoms with Crippen molar-refractivity contribution in [3.63, 3.8) is 0 Å². The van der Waals surface area contributed by atoms with Gasteiger partial charge in [0.05, 0.1) is 16.9 Å². The fourth-order valence-corrected chi connectivity index (χ4v) is 4.12. The van der Waals surface area contributed by atoms with Gasteiger partial charge >= 0.3 is 5.97 Å². The van der Waals surface area contributed by atoms with Gasteiger partial charge in [-0.3, -0.25) is 9.59 Å². The molecule has 7 heteroatoms. The van der Waals surface area contributed by atoms with E-state index in [1.165, 1.54) is 4.90 Å². The van der Waals surface area contributed by atoms with Crippen LogP contribution in [0, 0.1) is 13.8 Å². The van der Waals surface area contributed by atoms with Crippen molar-refractivity contribution in [2.45, 2.75) is 52.1 Å². The number of ether oxygens (including phenoxy) is 1. The van der Waals surface area contributed by atoms with Crippen molar-refractivity contribution in [2.24, 2.45) is 0 Å². The van der Waals surface area contributed by atoms with E-state index in [4.69, 9.17) is 4.74 Å². The third-order valence-corrected chi connectivity index (χ3v) is 5.57. The summed E-state index contributed by atoms with van der Waals surface area (Å²) in [4.78, 5) is 39.2. The fourth-order valence-electron chi connectivity index (χ4n) is 4.12. The van der Waals surface area contributed by atoms with Gasteiger partial charge in [0.1, 0.15) is 0 Å². The second kappa shape index (κ2) is 7.39. The molecule has 7 nitrogen and oxygen atoms in total. The molecule has 1 N–H and O–H groups in total. The van der Waals surface area contributed by atoms with Gasteiger partial charge in [-0.1, -0.05) is 12.1 Å². The number of carbonyl (C=O) groups excluding carboxylic acids is 3. The molecule has 1 aromatic heterocycles. The lowest BCUT2D eigenvalue weighted by Gasteiger charge is -2.27. The summed E-state index contributed by atoms with van der Waals surface area (Å²) in [5, 5.41) is 2.82. The van der Waals surface area contributed by atoms with E-state index in [1.807, 2.05) is 32.9 Å². The highest BCUT2D eigenvalue weighted by Crippen LogP contribution is 2.38. The number of amides is 2. The van der Waals surface area contributed by atoms with Crippen LogP contribution in [-0.2, 0) is 14.3 Å². The number of aromatic nitrogens is 1. The van der Waals surface area contributed by atoms with Crippen LogP contribution >= 0.6 is 0 Å². The van der Waals surface area contributed by atoms with Crippen LogP contribution in [0.1, 0.15) is 54.0 Å². The van der Waals surface area contributed by atoms with E-state index in [1.54, 1.807) is 18.2 Å². The van der Waals surface area contributed by atoms with Gasteiger partial charge in [-0.2, -0.15) is 0 Å². The van der Waals surface area contributed by atoms with Crippen LogP contribution in [0.5, 0.6) is 0 Å². The topological polar surface area (TPSA) is 80.6 Å². The minimum Gasteiger partial charge on any atom is -0.452 e. The summed E-state index contributed by atoms with van der Waals surface area (Å²) in [6.07, 6.45) is 2.43. The summed E-state index contributed by atoms with van der Waals surface area (Å²) in [6.45, 7) is 5.32. The number of carbonyl (C=O) groups is 3. The number of hydrogen-bond acceptors (Lipinski definition) is 4. The predicted octanol–water partition coefficient (Wildman–Crippen LogP) is 3.36. The third-order valence-electron chi connectivity index (χ3n) is 5.57. The van der Waals surface area contributed by atoms with Gasteiger partial charge in [0.25, 0.3) is 5.91 Å². The van der Waals surface area contributed by atoms with Crippen LogP contribution in [-0.4, -0.2) is 35.0 Å². The molecule has 1 aliphatic carbocycles. The third kappa shape index (κ3) is 3.64. The van der Waals surface area contributed by atoms with Gasteiger partial charge < -0.3 is 19.5 Å². The largest absolute Gasteiger partial charge is 0.452 e. The molecule has 1 aromatic carbocycles. The quantitative estimate of drug-likeness (QED) is 0.805. The SMILES string of the molecule is Cc1cc(C(=O)OCC(=O)N2c3ccccc3NC(=O)C[C@H]2C)c(C)n1C1CC1. The number of aryl methyl sites for hydroxylation is 1. The molecule has 1 aliphatic heterocycles. The van der Waals surface area contributed by atoms with Crippen molar-refractivity contribution < 1.29 is 19.1 Å². The summed E-state index contributed by atoms with van der Waals surface area (Å²) in [7, 11) is 0. The van der Waals surface area contributed by atoms with Crippen molar-refractivity contribution in [3.05, 3.63) is 47.3 Å². The molecule has 0 saturated heterocycles. The smallest absolute Gasteiger partial charge is 0.340 e. The molecule has 1 fully saturated rings. The van der Waals surface area contributed by atoms with Gasteiger partial charge in [-0.25, -0.2) is 4.79 Å². The Balaban J connectivity index is 1.50. The number of nitrogens with zero attached hydrogens (tertiary/aromatic N) is 2. The fraction of sp³-hybridized carbons (Fsp3) is 0.409. The molecule has 2 amide bonds. The Labute approximate surface area is 169 Å². The Morgan fingerprint density at radius 1 is 1.21 bits per heavy atom. The summed E-state index contributed by atoms with van der Waals surface area (Å²) in [5.41, 5.74) is 3.60. The maximum absolute atomic E-state index is 12.9. The first kappa shape index (κ1) is 19.2. The molecule has 152 valence electrons. The number of para-hydroxylation sites is 2. The van der Waals surface area contributed by atoms with E-state index in [0.29, 0.717) is 23.0 Å². The lowest BCUT2D eigenvalue weighted by molar-refractivity contribution is -0.122. The first-order valence-corrected chi connectivity index (χ1v) is 9.93. The van der Waals surface area contributed by atoms with Crippen LogP contribution in [0.15, 0.2) is 30.3 Å². The number of esters is 1. The molecular formula is C22H25N3O4. The molecule has 4 rings (SSSR count). The van der Waals surface area contributed by atoms with Crippen LogP contribution in [0.2, 0.25) is 0 Å². The number of benzene rings is 1. The number of anilines is 2. The lowest BCUT2D eigenvalue weighted by atomic mass is 10.1. The summed E-state index contributed by atoms with van der Waals surface area (Å²) >= 11 is 0. The van der Waals surface area contributed by atoms with Crippen molar-refractivity contribution in [3.8, 4) is 0 Å². The minimum absolute atomic E-state index is 0.148. The molecular weight excluding hydrogens is 370 g/mol. The maximum atomic E-state index is 12.9. The second-order valence-electron chi connectivity index (χ2n) is 7.84. The minimum atomic E-state index is -0.497. The molecule has 1 atom stereocenters. The normalized spacial score (nSPS) is 18.7. The first-order valence-electron chi connectivity index (χ1n) is 9.93. The summed E-state index contributed by atoms with van der Waals surface area (Å²) < 4.78 is 7.54. The molecule has 2 aromatic rings. The molecule has 0 radical (unpaired) electrons. The van der Waals surface area contributed by atoms with E-state index in [9.17, 15) is 14.4 Å². The van der Waals surface area contributed by atoms with E-state index in [2.05, 4.69) is 9.88 Å². The molecule has 1 saturated carbocycles. The van der Waals surface area contributed by atoms with E-state index in [0.717, 1.165) is 24.2 Å². The molecule has 29 heavy (non-hydrogen) atoms. The predicted molar refractivity (Wildman–Crippen MR) is 109 cm³/mol. The second-order valence-corrected chi connectivity index (χ2v) is 7.84. The summed E-state index contributed by atoms with van der Waals surface area (Å²) in [5.74, 6) is -1.00. The average Bonchev–Trinajstić information content (AvgIpc) is 3.46. The molecule has 0 bridgehead atoms. The van der Waals surface area contributed by atoms with E-state index < -0.39 is 5.97 Å². The number of fused-ring (bicyclic) bond motifs is 1. The van der Waals surface area contributed by atoms with Crippen molar-refractivity contribution in [1.29, 1.82) is 0 Å². The first-order chi connectivity index (χ1) is 13.9. The average molecular weight is 395 g/mol. The van der Waals surface area contributed by atoms with Crippen LogP contribution in [0.3, 0.4) is 0 Å². The van der Waals surface area contributed by atoms with Crippen LogP contribution in [0.25, 0.3) is 0 Å². The Bertz CT molecular complexity index is 990. The maximum Gasteiger partial charge on any atom is 0.340 e. The van der Waals surface area contributed by atoms with Gasteiger partial charge in [0, 0.05) is 29.9 Å². The number of hydrogen-bond donors (Lipinski definition) is 1. The zero-order valence-corrected chi connectivity index (χ0v) is 16.9. The van der Waals surface area contributed by atoms with E-state index in [-0.39, 0.29) is 30.9 Å². The van der Waals surface area contributed by atoms with Gasteiger partial charge in [0.15, 0.2) is 6.61 Å². The van der Waals surface area contributed by atoms with Crippen molar-refractivity contribution in [2.75, 3.05) is 16.8 Å². The molecule has 2 aliphatic rings. The molecule has 0 unspecified atom stereocenters. The highest BCUT2D eigenvalue weighted by molar-refractivity contribution is 6.05. The molecule has 2 heterocycles. The zero-order chi connectivity index (χ0) is 20.7. The van der Waals surface area contributed by atoms with Crippen LogP contribution in [0.4, 0.5) is 11.4 Å². The Morgan fingerprint density at radius 3 is 2.66 bits per heavy atom. The monoisotopic (exact) mass is 395 g/mol. The Kier molecular flexibility index (Phi) is 4.90. The van der Waals surface area contributed by atoms with Crippen molar-refractivity contribution in [1.82, 2.24) is 4.57 Å². The Hall–Kier alpha value is -3.09. The molecule has 0 spiro atoms. The van der Waals surface area contributed by atoms with Crippen LogP contribution < -0.4 is 10.2 Å². The van der Waals surface area contributed by atoms with Gasteiger partial charge in [0.2, 0.25) is 5.91 Å².